The van der Waals surface area contributed by atoms with E-state index in [2.05, 4.69) is 4.72 Å². The van der Waals surface area contributed by atoms with Crippen LogP contribution in [-0.2, 0) is 23.0 Å². The summed E-state index contributed by atoms with van der Waals surface area (Å²) in [4.78, 5) is 0.320. The molecule has 0 radical (unpaired) electrons. The minimum Gasteiger partial charge on any atom is -0.326 e. The number of rotatable bonds is 7. The Kier molecular flexibility index (Phi) is 4.60. The van der Waals surface area contributed by atoms with E-state index in [9.17, 15) is 8.42 Å². The smallest absolute Gasteiger partial charge is 0.240 e. The second kappa shape index (κ2) is 6.03. The summed E-state index contributed by atoms with van der Waals surface area (Å²) in [6, 6.07) is 5.22. The first-order chi connectivity index (χ1) is 9.06. The van der Waals surface area contributed by atoms with Gasteiger partial charge in [-0.3, -0.25) is 0 Å². The summed E-state index contributed by atoms with van der Waals surface area (Å²) in [6.07, 6.45) is 4.28. The zero-order valence-electron chi connectivity index (χ0n) is 11.4. The van der Waals surface area contributed by atoms with Crippen LogP contribution in [0, 0.1) is 5.92 Å². The fourth-order valence-electron chi connectivity index (χ4n) is 2.19. The lowest BCUT2D eigenvalue weighted by molar-refractivity contribution is 0.575. The molecule has 0 atom stereocenters. The van der Waals surface area contributed by atoms with Crippen molar-refractivity contribution in [1.82, 2.24) is 4.72 Å². The maximum atomic E-state index is 12.1. The van der Waals surface area contributed by atoms with Crippen molar-refractivity contribution < 1.29 is 8.42 Å². The molecule has 4 nitrogen and oxygen atoms in total. The minimum absolute atomic E-state index is 0.320. The van der Waals surface area contributed by atoms with E-state index in [0.29, 0.717) is 18.0 Å². The van der Waals surface area contributed by atoms with Crippen molar-refractivity contribution in [1.29, 1.82) is 0 Å². The van der Waals surface area contributed by atoms with E-state index in [4.69, 9.17) is 5.73 Å². The van der Waals surface area contributed by atoms with E-state index < -0.39 is 10.0 Å². The molecule has 0 unspecified atom stereocenters. The number of benzene rings is 1. The summed E-state index contributed by atoms with van der Waals surface area (Å²) in [5.74, 6) is 0.727. The first-order valence-corrected chi connectivity index (χ1v) is 8.36. The second-order valence-corrected chi connectivity index (χ2v) is 6.88. The summed E-state index contributed by atoms with van der Waals surface area (Å²) in [5, 5.41) is 0. The SMILES string of the molecule is CCc1ccc(S(=O)(=O)NCCC2CC2)cc1CN. The fraction of sp³-hybridized carbons (Fsp3) is 0.571. The van der Waals surface area contributed by atoms with E-state index in [1.165, 1.54) is 12.8 Å². The normalized spacial score (nSPS) is 15.7. The lowest BCUT2D eigenvalue weighted by Gasteiger charge is -2.10. The van der Waals surface area contributed by atoms with Crippen LogP contribution < -0.4 is 10.5 Å². The molecule has 1 aliphatic carbocycles. The van der Waals surface area contributed by atoms with Crippen molar-refractivity contribution in [3.05, 3.63) is 29.3 Å². The third-order valence-electron chi connectivity index (χ3n) is 3.63. The topological polar surface area (TPSA) is 72.2 Å². The molecule has 1 fully saturated rings. The number of hydrogen-bond acceptors (Lipinski definition) is 3. The van der Waals surface area contributed by atoms with Gasteiger partial charge in [-0.2, -0.15) is 0 Å². The van der Waals surface area contributed by atoms with Crippen molar-refractivity contribution in [2.45, 2.75) is 44.0 Å². The number of hydrogen-bond donors (Lipinski definition) is 2. The van der Waals surface area contributed by atoms with Gasteiger partial charge in [-0.05, 0) is 42.0 Å². The lowest BCUT2D eigenvalue weighted by Crippen LogP contribution is -2.25. The van der Waals surface area contributed by atoms with Crippen molar-refractivity contribution in [3.63, 3.8) is 0 Å². The lowest BCUT2D eigenvalue weighted by atomic mass is 10.1. The van der Waals surface area contributed by atoms with Crippen LogP contribution in [0.25, 0.3) is 0 Å². The molecule has 1 aliphatic rings. The van der Waals surface area contributed by atoms with Gasteiger partial charge in [0.1, 0.15) is 0 Å². The molecule has 0 aliphatic heterocycles. The summed E-state index contributed by atoms with van der Waals surface area (Å²) >= 11 is 0. The molecule has 5 heteroatoms. The summed E-state index contributed by atoms with van der Waals surface area (Å²) in [7, 11) is -3.39. The van der Waals surface area contributed by atoms with Crippen LogP contribution in [0.3, 0.4) is 0 Å². The molecule has 0 saturated heterocycles. The van der Waals surface area contributed by atoms with Gasteiger partial charge in [0.2, 0.25) is 10.0 Å². The number of nitrogens with one attached hydrogen (secondary N) is 1. The molecule has 0 bridgehead atoms. The van der Waals surface area contributed by atoms with Gasteiger partial charge in [0.15, 0.2) is 0 Å². The standard InChI is InChI=1S/C14H22N2O2S/c1-2-12-5-6-14(9-13(12)10-15)19(17,18)16-8-7-11-3-4-11/h5-6,9,11,16H,2-4,7-8,10,15H2,1H3. The molecule has 0 aromatic heterocycles. The van der Waals surface area contributed by atoms with Gasteiger partial charge in [0.25, 0.3) is 0 Å². The summed E-state index contributed by atoms with van der Waals surface area (Å²) in [6.45, 7) is 2.94. The zero-order chi connectivity index (χ0) is 13.9. The quantitative estimate of drug-likeness (QED) is 0.801. The van der Waals surface area contributed by atoms with E-state index in [-0.39, 0.29) is 0 Å². The third kappa shape index (κ3) is 3.78. The molecular weight excluding hydrogens is 260 g/mol. The van der Waals surface area contributed by atoms with Gasteiger partial charge in [-0.25, -0.2) is 13.1 Å². The highest BCUT2D eigenvalue weighted by Crippen LogP contribution is 2.31. The van der Waals surface area contributed by atoms with E-state index >= 15 is 0 Å². The average Bonchev–Trinajstić information content (AvgIpc) is 3.21. The summed E-state index contributed by atoms with van der Waals surface area (Å²) in [5.41, 5.74) is 7.69. The van der Waals surface area contributed by atoms with Crippen LogP contribution in [0.15, 0.2) is 23.1 Å². The molecule has 1 aromatic carbocycles. The van der Waals surface area contributed by atoms with Crippen molar-refractivity contribution in [2.75, 3.05) is 6.54 Å². The molecule has 3 N–H and O–H groups in total. The van der Waals surface area contributed by atoms with Crippen LogP contribution in [0.1, 0.15) is 37.3 Å². The largest absolute Gasteiger partial charge is 0.326 e. The Labute approximate surface area is 115 Å². The van der Waals surface area contributed by atoms with Crippen LogP contribution in [0.4, 0.5) is 0 Å². The molecule has 0 spiro atoms. The average molecular weight is 282 g/mol. The highest BCUT2D eigenvalue weighted by atomic mass is 32.2. The Bertz CT molecular complexity index is 536. The first kappa shape index (κ1) is 14.5. The third-order valence-corrected chi connectivity index (χ3v) is 5.09. The number of sulfonamides is 1. The molecule has 0 amide bonds. The predicted molar refractivity (Wildman–Crippen MR) is 76.2 cm³/mol. The summed E-state index contributed by atoms with van der Waals surface area (Å²) < 4.78 is 27.0. The molecule has 2 rings (SSSR count). The maximum Gasteiger partial charge on any atom is 0.240 e. The molecule has 1 aromatic rings. The van der Waals surface area contributed by atoms with Crippen LogP contribution in [-0.4, -0.2) is 15.0 Å². The van der Waals surface area contributed by atoms with Gasteiger partial charge in [-0.15, -0.1) is 0 Å². The van der Waals surface area contributed by atoms with Gasteiger partial charge < -0.3 is 5.73 Å². The Balaban J connectivity index is 2.09. The predicted octanol–water partition coefficient (Wildman–Crippen LogP) is 1.79. The van der Waals surface area contributed by atoms with Crippen molar-refractivity contribution in [2.24, 2.45) is 11.7 Å². The Morgan fingerprint density at radius 3 is 2.63 bits per heavy atom. The second-order valence-electron chi connectivity index (χ2n) is 5.12. The highest BCUT2D eigenvalue weighted by Gasteiger charge is 2.22. The molecular formula is C14H22N2O2S. The highest BCUT2D eigenvalue weighted by molar-refractivity contribution is 7.89. The molecule has 19 heavy (non-hydrogen) atoms. The van der Waals surface area contributed by atoms with Crippen molar-refractivity contribution >= 4 is 10.0 Å². The monoisotopic (exact) mass is 282 g/mol. The zero-order valence-corrected chi connectivity index (χ0v) is 12.2. The van der Waals surface area contributed by atoms with E-state index in [1.54, 1.807) is 12.1 Å². The molecule has 1 saturated carbocycles. The molecule has 0 heterocycles. The maximum absolute atomic E-state index is 12.1. The van der Waals surface area contributed by atoms with Gasteiger partial charge in [0.05, 0.1) is 4.90 Å². The van der Waals surface area contributed by atoms with Crippen molar-refractivity contribution in [3.8, 4) is 0 Å². The van der Waals surface area contributed by atoms with Gasteiger partial charge >= 0.3 is 0 Å². The Morgan fingerprint density at radius 1 is 1.32 bits per heavy atom. The van der Waals surface area contributed by atoms with Crippen LogP contribution in [0.5, 0.6) is 0 Å². The number of nitrogens with two attached hydrogens (primary N) is 1. The Hall–Kier alpha value is -0.910. The van der Waals surface area contributed by atoms with Gasteiger partial charge in [-0.1, -0.05) is 25.8 Å². The van der Waals surface area contributed by atoms with Crippen LogP contribution in [0.2, 0.25) is 0 Å². The van der Waals surface area contributed by atoms with Crippen LogP contribution >= 0.6 is 0 Å². The Morgan fingerprint density at radius 2 is 2.05 bits per heavy atom. The minimum atomic E-state index is -3.39. The fourth-order valence-corrected chi connectivity index (χ4v) is 3.29. The van der Waals surface area contributed by atoms with Gasteiger partial charge in [0, 0.05) is 13.1 Å². The molecule has 106 valence electrons. The van der Waals surface area contributed by atoms with E-state index in [1.807, 2.05) is 13.0 Å². The number of aryl methyl sites for hydroxylation is 1. The van der Waals surface area contributed by atoms with E-state index in [0.717, 1.165) is 29.9 Å². The first-order valence-electron chi connectivity index (χ1n) is 6.88.